The predicted molar refractivity (Wildman–Crippen MR) is 72.6 cm³/mol. The molecule has 1 aliphatic heterocycles. The van der Waals surface area contributed by atoms with E-state index in [1.54, 1.807) is 6.07 Å². The van der Waals surface area contributed by atoms with Gasteiger partial charge in [-0.15, -0.1) is 0 Å². The molecule has 1 aliphatic rings. The summed E-state index contributed by atoms with van der Waals surface area (Å²) in [5, 5.41) is 10.6. The Morgan fingerprint density at radius 3 is 2.95 bits per heavy atom. The number of nitrogen functional groups attached to an aromatic ring is 1. The Labute approximate surface area is 114 Å². The molecule has 0 atom stereocenters. The molecule has 19 heavy (non-hydrogen) atoms. The predicted octanol–water partition coefficient (Wildman–Crippen LogP) is 2.35. The summed E-state index contributed by atoms with van der Waals surface area (Å²) < 4.78 is 5.45. The molecule has 6 heteroatoms. The van der Waals surface area contributed by atoms with E-state index < -0.39 is 5.97 Å². The first kappa shape index (κ1) is 12.3. The number of furan rings is 1. The molecular formula is C13H13ClN2O3. The van der Waals surface area contributed by atoms with Crippen LogP contribution in [-0.4, -0.2) is 29.6 Å². The van der Waals surface area contributed by atoms with E-state index in [9.17, 15) is 9.90 Å². The van der Waals surface area contributed by atoms with Crippen LogP contribution in [0.1, 0.15) is 21.7 Å². The standard InChI is InChI=1S/C13H13ClN2O3/c1-16-3-2-6-8(14)4-9(15)12-10(6)7(5-16)11(19-12)13(17)18/h4H,2-3,5,15H2,1H3,(H,17,18). The van der Waals surface area contributed by atoms with Crippen LogP contribution in [-0.2, 0) is 13.0 Å². The van der Waals surface area contributed by atoms with Crippen molar-refractivity contribution in [2.24, 2.45) is 0 Å². The van der Waals surface area contributed by atoms with Crippen LogP contribution in [0.4, 0.5) is 5.69 Å². The Hall–Kier alpha value is -1.72. The summed E-state index contributed by atoms with van der Waals surface area (Å²) in [4.78, 5) is 13.4. The smallest absolute Gasteiger partial charge is 0.372 e. The number of anilines is 1. The topological polar surface area (TPSA) is 79.7 Å². The van der Waals surface area contributed by atoms with E-state index >= 15 is 0 Å². The van der Waals surface area contributed by atoms with Crippen LogP contribution in [0.3, 0.4) is 0 Å². The fraction of sp³-hybridized carbons (Fsp3) is 0.308. The molecule has 0 aliphatic carbocycles. The summed E-state index contributed by atoms with van der Waals surface area (Å²) in [6.45, 7) is 1.33. The van der Waals surface area contributed by atoms with Crippen molar-refractivity contribution in [1.29, 1.82) is 0 Å². The highest BCUT2D eigenvalue weighted by atomic mass is 35.5. The summed E-state index contributed by atoms with van der Waals surface area (Å²) in [6.07, 6.45) is 0.748. The molecule has 0 radical (unpaired) electrons. The number of carbonyl (C=O) groups is 1. The molecule has 0 fully saturated rings. The first-order chi connectivity index (χ1) is 8.99. The van der Waals surface area contributed by atoms with Gasteiger partial charge in [0.25, 0.3) is 0 Å². The van der Waals surface area contributed by atoms with Crippen molar-refractivity contribution in [3.63, 3.8) is 0 Å². The van der Waals surface area contributed by atoms with Gasteiger partial charge in [-0.3, -0.25) is 0 Å². The molecule has 0 saturated carbocycles. The quantitative estimate of drug-likeness (QED) is 0.784. The Bertz CT molecular complexity index is 693. The number of benzene rings is 1. The lowest BCUT2D eigenvalue weighted by atomic mass is 10.0. The van der Waals surface area contributed by atoms with E-state index in [1.807, 2.05) is 11.9 Å². The fourth-order valence-electron chi connectivity index (χ4n) is 2.62. The molecule has 5 nitrogen and oxygen atoms in total. The average molecular weight is 281 g/mol. The fourth-order valence-corrected chi connectivity index (χ4v) is 2.92. The number of halogens is 1. The Morgan fingerprint density at radius 1 is 1.53 bits per heavy atom. The van der Waals surface area contributed by atoms with Gasteiger partial charge in [0.15, 0.2) is 5.58 Å². The van der Waals surface area contributed by atoms with Crippen molar-refractivity contribution in [1.82, 2.24) is 4.90 Å². The van der Waals surface area contributed by atoms with Crippen molar-refractivity contribution in [3.8, 4) is 0 Å². The maximum Gasteiger partial charge on any atom is 0.372 e. The number of hydrogen-bond acceptors (Lipinski definition) is 4. The summed E-state index contributed by atoms with van der Waals surface area (Å²) in [7, 11) is 1.94. The van der Waals surface area contributed by atoms with Gasteiger partial charge in [0.1, 0.15) is 0 Å². The van der Waals surface area contributed by atoms with Crippen molar-refractivity contribution >= 4 is 34.2 Å². The van der Waals surface area contributed by atoms with Gasteiger partial charge in [0.05, 0.1) is 5.69 Å². The van der Waals surface area contributed by atoms with Gasteiger partial charge >= 0.3 is 5.97 Å². The molecule has 2 heterocycles. The number of likely N-dealkylation sites (N-methyl/N-ethyl adjacent to an activating group) is 1. The molecule has 0 bridgehead atoms. The van der Waals surface area contributed by atoms with Gasteiger partial charge in [0, 0.05) is 29.1 Å². The second-order valence-corrected chi connectivity index (χ2v) is 5.24. The number of hydrogen-bond donors (Lipinski definition) is 2. The lowest BCUT2D eigenvalue weighted by molar-refractivity contribution is 0.0662. The van der Waals surface area contributed by atoms with Crippen LogP contribution < -0.4 is 5.73 Å². The lowest BCUT2D eigenvalue weighted by Gasteiger charge is -2.12. The zero-order valence-corrected chi connectivity index (χ0v) is 11.1. The molecule has 3 N–H and O–H groups in total. The second kappa shape index (κ2) is 4.15. The third-order valence-corrected chi connectivity index (χ3v) is 3.84. The number of nitrogens with two attached hydrogens (primary N) is 1. The molecule has 0 unspecified atom stereocenters. The second-order valence-electron chi connectivity index (χ2n) is 4.83. The van der Waals surface area contributed by atoms with E-state index in [4.69, 9.17) is 21.8 Å². The van der Waals surface area contributed by atoms with Crippen molar-refractivity contribution in [3.05, 3.63) is 28.0 Å². The first-order valence-corrected chi connectivity index (χ1v) is 6.31. The van der Waals surface area contributed by atoms with Crippen LogP contribution in [0.25, 0.3) is 11.0 Å². The molecule has 100 valence electrons. The molecule has 2 aromatic rings. The van der Waals surface area contributed by atoms with Gasteiger partial charge in [-0.1, -0.05) is 11.6 Å². The van der Waals surface area contributed by atoms with Crippen molar-refractivity contribution in [2.45, 2.75) is 13.0 Å². The third-order valence-electron chi connectivity index (χ3n) is 3.51. The van der Waals surface area contributed by atoms with Crippen LogP contribution in [0.5, 0.6) is 0 Å². The average Bonchev–Trinajstić information content (AvgIpc) is 2.60. The first-order valence-electron chi connectivity index (χ1n) is 5.93. The SMILES string of the molecule is CN1CCc2c(Cl)cc(N)c3oc(C(=O)O)c(c23)C1. The summed E-state index contributed by atoms with van der Waals surface area (Å²) in [6, 6.07) is 1.63. The van der Waals surface area contributed by atoms with E-state index in [-0.39, 0.29) is 5.76 Å². The van der Waals surface area contributed by atoms with Gasteiger partial charge < -0.3 is 20.2 Å². The van der Waals surface area contributed by atoms with Crippen LogP contribution in [0, 0.1) is 0 Å². The van der Waals surface area contributed by atoms with E-state index in [0.717, 1.165) is 23.9 Å². The molecule has 0 saturated heterocycles. The van der Waals surface area contributed by atoms with Crippen molar-refractivity contribution in [2.75, 3.05) is 19.3 Å². The molecule has 1 aromatic carbocycles. The third kappa shape index (κ3) is 1.77. The summed E-state index contributed by atoms with van der Waals surface area (Å²) >= 11 is 6.24. The number of carboxylic acids is 1. The minimum atomic E-state index is -1.08. The normalized spacial score (nSPS) is 15.7. The molecule has 0 amide bonds. The highest BCUT2D eigenvalue weighted by Crippen LogP contribution is 2.39. The molecule has 1 aromatic heterocycles. The maximum atomic E-state index is 11.3. The van der Waals surface area contributed by atoms with Gasteiger partial charge in [-0.2, -0.15) is 0 Å². The van der Waals surface area contributed by atoms with Gasteiger partial charge in [-0.25, -0.2) is 4.79 Å². The Balaban J connectivity index is 2.44. The van der Waals surface area contributed by atoms with E-state index in [1.165, 1.54) is 0 Å². The number of rotatable bonds is 1. The lowest BCUT2D eigenvalue weighted by Crippen LogP contribution is -2.19. The number of nitrogens with zero attached hydrogens (tertiary/aromatic N) is 1. The zero-order chi connectivity index (χ0) is 13.7. The minimum absolute atomic E-state index is 0.0426. The monoisotopic (exact) mass is 280 g/mol. The number of carboxylic acid groups (broad SMARTS) is 1. The number of aromatic carboxylic acids is 1. The largest absolute Gasteiger partial charge is 0.475 e. The van der Waals surface area contributed by atoms with Gasteiger partial charge in [-0.05, 0) is 25.1 Å². The molecular weight excluding hydrogens is 268 g/mol. The summed E-state index contributed by atoms with van der Waals surface area (Å²) in [5.41, 5.74) is 8.27. The maximum absolute atomic E-state index is 11.3. The summed E-state index contributed by atoms with van der Waals surface area (Å²) in [5.74, 6) is -1.12. The van der Waals surface area contributed by atoms with Gasteiger partial charge in [0.2, 0.25) is 5.76 Å². The van der Waals surface area contributed by atoms with Crippen LogP contribution in [0.2, 0.25) is 5.02 Å². The minimum Gasteiger partial charge on any atom is -0.475 e. The zero-order valence-electron chi connectivity index (χ0n) is 10.4. The molecule has 3 rings (SSSR count). The van der Waals surface area contributed by atoms with Crippen LogP contribution >= 0.6 is 11.6 Å². The highest BCUT2D eigenvalue weighted by Gasteiger charge is 2.27. The van der Waals surface area contributed by atoms with Crippen molar-refractivity contribution < 1.29 is 14.3 Å². The van der Waals surface area contributed by atoms with Crippen LogP contribution in [0.15, 0.2) is 10.5 Å². The van der Waals surface area contributed by atoms with E-state index in [2.05, 4.69) is 0 Å². The highest BCUT2D eigenvalue weighted by molar-refractivity contribution is 6.33. The Kier molecular flexibility index (Phi) is 2.69. The van der Waals surface area contributed by atoms with E-state index in [0.29, 0.717) is 28.4 Å². The Morgan fingerprint density at radius 2 is 2.26 bits per heavy atom. The molecule has 0 spiro atoms.